The molecular formula is C21H25N5O. The summed E-state index contributed by atoms with van der Waals surface area (Å²) in [4.78, 5) is 28.7. The maximum atomic E-state index is 13.2. The molecule has 2 amide bonds. The lowest BCUT2D eigenvalue weighted by Crippen LogP contribution is -2.64. The summed E-state index contributed by atoms with van der Waals surface area (Å²) in [6.07, 6.45) is 2.83. The molecule has 3 aliphatic heterocycles. The van der Waals surface area contributed by atoms with Crippen LogP contribution >= 0.6 is 0 Å². The Labute approximate surface area is 159 Å². The lowest BCUT2D eigenvalue weighted by molar-refractivity contribution is 0.0757. The van der Waals surface area contributed by atoms with Gasteiger partial charge in [0.25, 0.3) is 0 Å². The van der Waals surface area contributed by atoms with Crippen LogP contribution in [-0.4, -0.2) is 51.5 Å². The number of aryl methyl sites for hydroxylation is 3. The van der Waals surface area contributed by atoms with Crippen LogP contribution < -0.4 is 4.90 Å². The van der Waals surface area contributed by atoms with E-state index >= 15 is 0 Å². The van der Waals surface area contributed by atoms with E-state index in [1.165, 1.54) is 16.8 Å². The van der Waals surface area contributed by atoms with Crippen molar-refractivity contribution in [3.05, 3.63) is 52.6 Å². The summed E-state index contributed by atoms with van der Waals surface area (Å²) in [5, 5.41) is 0. The first-order chi connectivity index (χ1) is 13.0. The van der Waals surface area contributed by atoms with Crippen molar-refractivity contribution < 1.29 is 4.79 Å². The molecule has 0 radical (unpaired) electrons. The summed E-state index contributed by atoms with van der Waals surface area (Å²) >= 11 is 0. The largest absolute Gasteiger partial charge is 0.367 e. The van der Waals surface area contributed by atoms with Crippen LogP contribution in [0.2, 0.25) is 0 Å². The number of hydrogen-bond acceptors (Lipinski definition) is 4. The molecule has 0 spiro atoms. The first kappa shape index (κ1) is 16.5. The fraction of sp³-hybridized carbons (Fsp3) is 0.476. The molecule has 140 valence electrons. The first-order valence-electron chi connectivity index (χ1n) is 9.73. The fourth-order valence-electron chi connectivity index (χ4n) is 4.75. The Morgan fingerprint density at radius 3 is 2.67 bits per heavy atom. The first-order valence-corrected chi connectivity index (χ1v) is 9.73. The summed E-state index contributed by atoms with van der Waals surface area (Å²) in [6.45, 7) is 9.51. The second-order valence-electron chi connectivity index (χ2n) is 8.07. The Morgan fingerprint density at radius 1 is 1.07 bits per heavy atom. The summed E-state index contributed by atoms with van der Waals surface area (Å²) < 4.78 is 0. The minimum Gasteiger partial charge on any atom is -0.367 e. The summed E-state index contributed by atoms with van der Waals surface area (Å²) in [5.74, 6) is 0. The van der Waals surface area contributed by atoms with Gasteiger partial charge in [0.1, 0.15) is 0 Å². The molecule has 0 N–H and O–H groups in total. The number of nitrogens with zero attached hydrogens (tertiary/aromatic N) is 5. The zero-order chi connectivity index (χ0) is 18.7. The van der Waals surface area contributed by atoms with Crippen molar-refractivity contribution in [3.63, 3.8) is 0 Å². The maximum absolute atomic E-state index is 13.2. The topological polar surface area (TPSA) is 52.6 Å². The molecule has 0 bridgehead atoms. The molecule has 6 heteroatoms. The highest BCUT2D eigenvalue weighted by Crippen LogP contribution is 2.41. The number of hydrogen-bond donors (Lipinski definition) is 0. The highest BCUT2D eigenvalue weighted by atomic mass is 16.2. The number of aromatic nitrogens is 2. The van der Waals surface area contributed by atoms with Gasteiger partial charge in [0, 0.05) is 42.9 Å². The van der Waals surface area contributed by atoms with Gasteiger partial charge in [-0.2, -0.15) is 0 Å². The average molecular weight is 363 g/mol. The Hall–Kier alpha value is -2.63. The van der Waals surface area contributed by atoms with E-state index in [0.717, 1.165) is 43.1 Å². The van der Waals surface area contributed by atoms with E-state index in [9.17, 15) is 4.79 Å². The van der Waals surface area contributed by atoms with Crippen LogP contribution in [0.1, 0.15) is 40.7 Å². The van der Waals surface area contributed by atoms with E-state index in [1.54, 1.807) is 0 Å². The van der Waals surface area contributed by atoms with E-state index in [2.05, 4.69) is 33.8 Å². The monoisotopic (exact) mass is 363 g/mol. The van der Waals surface area contributed by atoms with Crippen molar-refractivity contribution in [2.45, 2.75) is 45.8 Å². The number of amides is 2. The number of fused-ring (bicyclic) bond motifs is 3. The molecule has 2 aromatic rings. The van der Waals surface area contributed by atoms with Crippen LogP contribution in [0.4, 0.5) is 10.5 Å². The Morgan fingerprint density at radius 2 is 1.89 bits per heavy atom. The third kappa shape index (κ3) is 2.58. The van der Waals surface area contributed by atoms with E-state index in [-0.39, 0.29) is 12.1 Å². The molecule has 1 unspecified atom stereocenters. The SMILES string of the molecule is Cc1cc(N2CC(N3CCC4c5nc(C)cc(C)c5CN4C3=O)C2)ccn1. The van der Waals surface area contributed by atoms with E-state index < -0.39 is 0 Å². The Bertz CT molecular complexity index is 921. The van der Waals surface area contributed by atoms with E-state index in [1.807, 2.05) is 31.0 Å². The van der Waals surface area contributed by atoms with Crippen molar-refractivity contribution in [2.75, 3.05) is 24.5 Å². The molecule has 2 fully saturated rings. The summed E-state index contributed by atoms with van der Waals surface area (Å²) in [5.41, 5.74) is 6.91. The molecule has 0 saturated carbocycles. The highest BCUT2D eigenvalue weighted by molar-refractivity contribution is 5.78. The second-order valence-corrected chi connectivity index (χ2v) is 8.07. The minimum absolute atomic E-state index is 0.154. The van der Waals surface area contributed by atoms with Gasteiger partial charge in [0.2, 0.25) is 0 Å². The quantitative estimate of drug-likeness (QED) is 0.823. The third-order valence-corrected chi connectivity index (χ3v) is 6.21. The van der Waals surface area contributed by atoms with Crippen LogP contribution in [-0.2, 0) is 6.54 Å². The molecule has 2 saturated heterocycles. The zero-order valence-corrected chi connectivity index (χ0v) is 16.1. The van der Waals surface area contributed by atoms with Crippen molar-refractivity contribution in [2.24, 2.45) is 0 Å². The zero-order valence-electron chi connectivity index (χ0n) is 16.1. The molecule has 5 heterocycles. The molecule has 1 atom stereocenters. The van der Waals surface area contributed by atoms with Gasteiger partial charge in [0.15, 0.2) is 0 Å². The van der Waals surface area contributed by atoms with Crippen LogP contribution in [0.25, 0.3) is 0 Å². The van der Waals surface area contributed by atoms with Crippen molar-refractivity contribution in [1.82, 2.24) is 19.8 Å². The fourth-order valence-corrected chi connectivity index (χ4v) is 4.75. The lowest BCUT2D eigenvalue weighted by Gasteiger charge is -2.50. The van der Waals surface area contributed by atoms with E-state index in [4.69, 9.17) is 4.98 Å². The van der Waals surface area contributed by atoms with Crippen molar-refractivity contribution in [1.29, 1.82) is 0 Å². The van der Waals surface area contributed by atoms with Gasteiger partial charge in [-0.15, -0.1) is 0 Å². The number of rotatable bonds is 2. The van der Waals surface area contributed by atoms with Gasteiger partial charge in [-0.3, -0.25) is 9.97 Å². The Balaban J connectivity index is 1.30. The van der Waals surface area contributed by atoms with E-state index in [0.29, 0.717) is 12.6 Å². The standard InChI is InChI=1S/C21H25N5O/c1-13-8-15(3)23-20-18(13)12-26-19(20)5-7-25(21(26)27)17-10-24(11-17)16-4-6-22-14(2)9-16/h4,6,8-9,17,19H,5,7,10-12H2,1-3H3. The number of urea groups is 1. The number of anilines is 1. The van der Waals surface area contributed by atoms with Gasteiger partial charge < -0.3 is 14.7 Å². The van der Waals surface area contributed by atoms with Crippen LogP contribution in [0.5, 0.6) is 0 Å². The third-order valence-electron chi connectivity index (χ3n) is 6.21. The van der Waals surface area contributed by atoms with Gasteiger partial charge in [0.05, 0.1) is 24.3 Å². The molecule has 5 rings (SSSR count). The van der Waals surface area contributed by atoms with Crippen LogP contribution in [0.3, 0.4) is 0 Å². The predicted octanol–water partition coefficient (Wildman–Crippen LogP) is 2.97. The van der Waals surface area contributed by atoms with Gasteiger partial charge in [-0.25, -0.2) is 4.79 Å². The molecule has 3 aliphatic rings. The highest BCUT2D eigenvalue weighted by Gasteiger charge is 2.45. The predicted molar refractivity (Wildman–Crippen MR) is 104 cm³/mol. The van der Waals surface area contributed by atoms with Crippen molar-refractivity contribution >= 4 is 11.7 Å². The molecule has 0 aromatic carbocycles. The summed E-state index contributed by atoms with van der Waals surface area (Å²) in [7, 11) is 0. The Kier molecular flexibility index (Phi) is 3.64. The number of carbonyl (C=O) groups is 1. The average Bonchev–Trinajstić information content (AvgIpc) is 2.95. The van der Waals surface area contributed by atoms with Gasteiger partial charge in [-0.05, 0) is 56.5 Å². The molecule has 2 aromatic heterocycles. The summed E-state index contributed by atoms with van der Waals surface area (Å²) in [6, 6.07) is 6.91. The smallest absolute Gasteiger partial charge is 0.321 e. The second kappa shape index (κ2) is 5.94. The lowest BCUT2D eigenvalue weighted by atomic mass is 10.0. The van der Waals surface area contributed by atoms with Crippen molar-refractivity contribution in [3.8, 4) is 0 Å². The molecular weight excluding hydrogens is 338 g/mol. The van der Waals surface area contributed by atoms with Crippen LogP contribution in [0.15, 0.2) is 24.4 Å². The molecule has 27 heavy (non-hydrogen) atoms. The number of pyridine rings is 2. The minimum atomic E-state index is 0.154. The maximum Gasteiger partial charge on any atom is 0.321 e. The number of carbonyl (C=O) groups excluding carboxylic acids is 1. The molecule has 6 nitrogen and oxygen atoms in total. The normalized spacial score (nSPS) is 22.0. The van der Waals surface area contributed by atoms with Crippen LogP contribution in [0, 0.1) is 20.8 Å². The van der Waals surface area contributed by atoms with Gasteiger partial charge in [-0.1, -0.05) is 0 Å². The van der Waals surface area contributed by atoms with Gasteiger partial charge >= 0.3 is 6.03 Å². The molecule has 0 aliphatic carbocycles.